The van der Waals surface area contributed by atoms with Crippen molar-refractivity contribution in [1.82, 2.24) is 0 Å². The normalized spacial score (nSPS) is 11.4. The second kappa shape index (κ2) is 5.90. The van der Waals surface area contributed by atoms with Crippen molar-refractivity contribution in [2.24, 2.45) is 0 Å². The van der Waals surface area contributed by atoms with Gasteiger partial charge in [0.15, 0.2) is 11.4 Å². The summed E-state index contributed by atoms with van der Waals surface area (Å²) in [6.07, 6.45) is 0. The third kappa shape index (κ3) is 2.97. The Kier molecular flexibility index (Phi) is 4.24. The first kappa shape index (κ1) is 13.6. The smallest absolute Gasteiger partial charge is 0.288 e. The number of carbonyl (C=O) groups is 1. The molecule has 0 N–H and O–H groups in total. The number of carbonyl (C=O) groups excluding carboxylic acids is 1. The maximum atomic E-state index is 12.5. The molecular weight excluding hydrogens is 255 g/mol. The van der Waals surface area contributed by atoms with Crippen LogP contribution in [0.3, 0.4) is 0 Å². The van der Waals surface area contributed by atoms with Gasteiger partial charge in [0.2, 0.25) is 5.30 Å². The Morgan fingerprint density at radius 2 is 1.53 bits per heavy atom. The van der Waals surface area contributed by atoms with E-state index in [1.807, 2.05) is 44.2 Å². The van der Waals surface area contributed by atoms with Crippen LogP contribution < -0.4 is 5.30 Å². The maximum Gasteiger partial charge on any atom is 0.380 e. The van der Waals surface area contributed by atoms with Gasteiger partial charge in [0.1, 0.15) is 0 Å². The van der Waals surface area contributed by atoms with Crippen molar-refractivity contribution < 1.29 is 9.36 Å². The number of hydrogen-bond donors (Lipinski definition) is 0. The molecule has 0 heterocycles. The summed E-state index contributed by atoms with van der Waals surface area (Å²) < 4.78 is 12.3. The standard InChI is InChI=1S/C16H16O2P/c1-12(2)19(18)15-11-7-6-10-14(15)16(17)13-8-4-3-5-9-13/h3-12H,1-2H3/q+1. The van der Waals surface area contributed by atoms with Gasteiger partial charge in [0.25, 0.3) is 0 Å². The highest BCUT2D eigenvalue weighted by Gasteiger charge is 2.30. The van der Waals surface area contributed by atoms with E-state index in [2.05, 4.69) is 0 Å². The van der Waals surface area contributed by atoms with Crippen LogP contribution in [0.2, 0.25) is 0 Å². The van der Waals surface area contributed by atoms with Crippen molar-refractivity contribution in [3.8, 4) is 0 Å². The van der Waals surface area contributed by atoms with Gasteiger partial charge in [0, 0.05) is 5.56 Å². The maximum absolute atomic E-state index is 12.5. The highest BCUT2D eigenvalue weighted by molar-refractivity contribution is 7.54. The van der Waals surface area contributed by atoms with E-state index in [1.165, 1.54) is 0 Å². The third-order valence-corrected chi connectivity index (χ3v) is 4.69. The molecule has 2 rings (SSSR count). The molecular formula is C16H16O2P+. The first-order valence-corrected chi connectivity index (χ1v) is 7.59. The van der Waals surface area contributed by atoms with Gasteiger partial charge in [-0.2, -0.15) is 0 Å². The topological polar surface area (TPSA) is 34.1 Å². The Hall–Kier alpha value is -1.79. The lowest BCUT2D eigenvalue weighted by Gasteiger charge is -2.02. The second-order valence-corrected chi connectivity index (χ2v) is 6.80. The van der Waals surface area contributed by atoms with Crippen LogP contribution in [0, 0.1) is 0 Å². The molecule has 0 amide bonds. The van der Waals surface area contributed by atoms with Gasteiger partial charge in [0.05, 0.1) is 5.56 Å². The van der Waals surface area contributed by atoms with E-state index >= 15 is 0 Å². The van der Waals surface area contributed by atoms with Gasteiger partial charge in [-0.15, -0.1) is 0 Å². The fourth-order valence-electron chi connectivity index (χ4n) is 1.88. The van der Waals surface area contributed by atoms with E-state index in [1.54, 1.807) is 24.3 Å². The minimum absolute atomic E-state index is 0.0275. The van der Waals surface area contributed by atoms with Crippen molar-refractivity contribution in [3.63, 3.8) is 0 Å². The van der Waals surface area contributed by atoms with Crippen molar-refractivity contribution >= 4 is 18.9 Å². The number of rotatable bonds is 4. The molecule has 0 fully saturated rings. The molecule has 96 valence electrons. The van der Waals surface area contributed by atoms with Crippen LogP contribution in [-0.4, -0.2) is 11.4 Å². The van der Waals surface area contributed by atoms with E-state index < -0.39 is 7.80 Å². The zero-order valence-electron chi connectivity index (χ0n) is 11.0. The SMILES string of the molecule is CC(C)[P+](=O)c1ccccc1C(=O)c1ccccc1. The van der Waals surface area contributed by atoms with E-state index in [9.17, 15) is 9.36 Å². The summed E-state index contributed by atoms with van der Waals surface area (Å²) in [7, 11) is -1.55. The molecule has 1 unspecified atom stereocenters. The molecule has 0 aromatic heterocycles. The average molecular weight is 271 g/mol. The molecule has 0 aliphatic carbocycles. The van der Waals surface area contributed by atoms with Crippen molar-refractivity contribution in [2.75, 3.05) is 0 Å². The Morgan fingerprint density at radius 3 is 2.16 bits per heavy atom. The lowest BCUT2D eigenvalue weighted by Crippen LogP contribution is -2.15. The molecule has 3 heteroatoms. The van der Waals surface area contributed by atoms with Gasteiger partial charge in [-0.1, -0.05) is 47.0 Å². The van der Waals surface area contributed by atoms with Crippen LogP contribution in [0.25, 0.3) is 0 Å². The first-order valence-electron chi connectivity index (χ1n) is 6.26. The minimum Gasteiger partial charge on any atom is -0.288 e. The summed E-state index contributed by atoms with van der Waals surface area (Å²) in [5.41, 5.74) is 1.20. The zero-order valence-corrected chi connectivity index (χ0v) is 11.9. The fourth-order valence-corrected chi connectivity index (χ4v) is 3.08. The lowest BCUT2D eigenvalue weighted by molar-refractivity contribution is 0.104. The van der Waals surface area contributed by atoms with E-state index in [0.29, 0.717) is 16.4 Å². The second-order valence-electron chi connectivity index (χ2n) is 4.63. The molecule has 2 nitrogen and oxygen atoms in total. The van der Waals surface area contributed by atoms with E-state index in [-0.39, 0.29) is 11.4 Å². The molecule has 0 aliphatic rings. The Labute approximate surface area is 114 Å². The largest absolute Gasteiger partial charge is 0.380 e. The van der Waals surface area contributed by atoms with Crippen LogP contribution in [0.1, 0.15) is 29.8 Å². The van der Waals surface area contributed by atoms with Gasteiger partial charge in [-0.25, -0.2) is 0 Å². The van der Waals surface area contributed by atoms with Crippen molar-refractivity contribution in [2.45, 2.75) is 19.5 Å². The predicted octanol–water partition coefficient (Wildman–Crippen LogP) is 3.78. The molecule has 0 saturated carbocycles. The van der Waals surface area contributed by atoms with E-state index in [4.69, 9.17) is 0 Å². The summed E-state index contributed by atoms with van der Waals surface area (Å²) in [5, 5.41) is 0.654. The summed E-state index contributed by atoms with van der Waals surface area (Å²) in [6.45, 7) is 3.81. The molecule has 0 bridgehead atoms. The molecule has 0 aliphatic heterocycles. The van der Waals surface area contributed by atoms with Gasteiger partial charge in [-0.3, -0.25) is 4.79 Å². The minimum atomic E-state index is -1.55. The molecule has 1 atom stereocenters. The highest BCUT2D eigenvalue weighted by atomic mass is 31.1. The molecule has 0 saturated heterocycles. The highest BCUT2D eigenvalue weighted by Crippen LogP contribution is 2.28. The first-order chi connectivity index (χ1) is 9.11. The Bertz CT molecular complexity index is 603. The molecule has 2 aromatic rings. The number of benzene rings is 2. The molecule has 19 heavy (non-hydrogen) atoms. The Morgan fingerprint density at radius 1 is 0.947 bits per heavy atom. The van der Waals surface area contributed by atoms with Gasteiger partial charge >= 0.3 is 7.80 Å². The van der Waals surface area contributed by atoms with Crippen LogP contribution in [0.4, 0.5) is 0 Å². The summed E-state index contributed by atoms with van der Waals surface area (Å²) in [6, 6.07) is 16.3. The summed E-state index contributed by atoms with van der Waals surface area (Å²) in [5.74, 6) is -0.0693. The van der Waals surface area contributed by atoms with Crippen molar-refractivity contribution in [3.05, 3.63) is 65.7 Å². The van der Waals surface area contributed by atoms with Crippen LogP contribution in [-0.2, 0) is 4.57 Å². The van der Waals surface area contributed by atoms with Gasteiger partial charge in [-0.05, 0) is 26.0 Å². The van der Waals surface area contributed by atoms with Crippen LogP contribution in [0.5, 0.6) is 0 Å². The summed E-state index contributed by atoms with van der Waals surface area (Å²) >= 11 is 0. The van der Waals surface area contributed by atoms with Crippen LogP contribution in [0.15, 0.2) is 54.6 Å². The van der Waals surface area contributed by atoms with Gasteiger partial charge < -0.3 is 0 Å². The summed E-state index contributed by atoms with van der Waals surface area (Å²) in [4.78, 5) is 12.5. The quantitative estimate of drug-likeness (QED) is 0.626. The zero-order chi connectivity index (χ0) is 13.8. The average Bonchev–Trinajstić information content (AvgIpc) is 2.46. The lowest BCUT2D eigenvalue weighted by atomic mass is 10.0. The van der Waals surface area contributed by atoms with Crippen molar-refractivity contribution in [1.29, 1.82) is 0 Å². The molecule has 0 radical (unpaired) electrons. The van der Waals surface area contributed by atoms with Crippen LogP contribution >= 0.6 is 7.80 Å². The number of hydrogen-bond acceptors (Lipinski definition) is 2. The third-order valence-electron chi connectivity index (χ3n) is 2.89. The predicted molar refractivity (Wildman–Crippen MR) is 78.7 cm³/mol. The molecule has 0 spiro atoms. The monoisotopic (exact) mass is 271 g/mol. The van der Waals surface area contributed by atoms with E-state index in [0.717, 1.165) is 0 Å². The Balaban J connectivity index is 2.46. The number of ketones is 1. The molecule has 2 aromatic carbocycles. The fraction of sp³-hybridized carbons (Fsp3) is 0.188.